The van der Waals surface area contributed by atoms with Crippen molar-refractivity contribution in [3.05, 3.63) is 35.9 Å². The molecule has 0 spiro atoms. The predicted molar refractivity (Wildman–Crippen MR) is 60.7 cm³/mol. The van der Waals surface area contributed by atoms with Gasteiger partial charge in [0.05, 0.1) is 12.6 Å². The van der Waals surface area contributed by atoms with Crippen molar-refractivity contribution in [1.29, 1.82) is 0 Å². The van der Waals surface area contributed by atoms with E-state index in [0.29, 0.717) is 6.54 Å². The Bertz CT molecular complexity index is 386. The maximum Gasteiger partial charge on any atom is 0.0677 e. The first-order valence-corrected chi connectivity index (χ1v) is 6.75. The highest BCUT2D eigenvalue weighted by Crippen LogP contribution is 2.09. The molecule has 1 atom stereocenters. The molecular formula is C10H16N2OS. The van der Waals surface area contributed by atoms with Crippen LogP contribution >= 0.6 is 0 Å². The van der Waals surface area contributed by atoms with E-state index in [4.69, 9.17) is 5.73 Å². The fourth-order valence-corrected chi connectivity index (χ4v) is 1.59. The highest BCUT2D eigenvalue weighted by Gasteiger charge is 2.04. The molecule has 0 aliphatic heterocycles. The molecule has 3 nitrogen and oxygen atoms in total. The summed E-state index contributed by atoms with van der Waals surface area (Å²) in [5.74, 6) is 0. The first-order valence-electron chi connectivity index (χ1n) is 4.42. The molecule has 4 heteroatoms. The Labute approximate surface area is 85.5 Å². The third-order valence-corrected chi connectivity index (χ3v) is 2.58. The molecule has 0 aromatic heterocycles. The molecule has 0 radical (unpaired) electrons. The van der Waals surface area contributed by atoms with E-state index in [9.17, 15) is 4.21 Å². The lowest BCUT2D eigenvalue weighted by Gasteiger charge is -2.08. The molecule has 0 saturated carbocycles. The molecular weight excluding hydrogens is 196 g/mol. The maximum absolute atomic E-state index is 11.3. The van der Waals surface area contributed by atoms with Gasteiger partial charge in [-0.25, -0.2) is 4.36 Å². The lowest BCUT2D eigenvalue weighted by molar-refractivity contribution is 0.676. The van der Waals surface area contributed by atoms with Gasteiger partial charge in [0, 0.05) is 22.2 Å². The summed E-state index contributed by atoms with van der Waals surface area (Å²) < 4.78 is 15.3. The number of rotatable bonds is 3. The molecule has 0 fully saturated rings. The zero-order valence-corrected chi connectivity index (χ0v) is 9.33. The lowest BCUT2D eigenvalue weighted by Crippen LogP contribution is -2.14. The zero-order chi connectivity index (χ0) is 10.6. The minimum absolute atomic E-state index is 0.156. The van der Waals surface area contributed by atoms with Crippen LogP contribution in [0.15, 0.2) is 34.7 Å². The van der Waals surface area contributed by atoms with Crippen molar-refractivity contribution >= 4 is 9.73 Å². The van der Waals surface area contributed by atoms with E-state index >= 15 is 0 Å². The summed E-state index contributed by atoms with van der Waals surface area (Å²) >= 11 is 0. The highest BCUT2D eigenvalue weighted by atomic mass is 32.2. The zero-order valence-electron chi connectivity index (χ0n) is 8.51. The molecule has 0 amide bonds. The summed E-state index contributed by atoms with van der Waals surface area (Å²) in [6, 6.07) is 9.56. The van der Waals surface area contributed by atoms with Gasteiger partial charge in [-0.05, 0) is 5.56 Å². The normalized spacial score (nSPS) is 13.6. The van der Waals surface area contributed by atoms with E-state index in [-0.39, 0.29) is 6.04 Å². The lowest BCUT2D eigenvalue weighted by atomic mass is 10.1. The van der Waals surface area contributed by atoms with Crippen LogP contribution in [0.1, 0.15) is 11.6 Å². The predicted octanol–water partition coefficient (Wildman–Crippen LogP) is 1.41. The molecule has 0 heterocycles. The van der Waals surface area contributed by atoms with E-state index in [1.807, 2.05) is 30.3 Å². The van der Waals surface area contributed by atoms with Crippen LogP contribution in [-0.4, -0.2) is 23.3 Å². The smallest absolute Gasteiger partial charge is 0.0677 e. The van der Waals surface area contributed by atoms with Crippen LogP contribution in [0.3, 0.4) is 0 Å². The Balaban J connectivity index is 2.70. The summed E-state index contributed by atoms with van der Waals surface area (Å²) in [6.45, 7) is 0.413. The molecule has 2 N–H and O–H groups in total. The molecule has 0 aliphatic rings. The van der Waals surface area contributed by atoms with Crippen LogP contribution in [0, 0.1) is 0 Å². The number of benzene rings is 1. The van der Waals surface area contributed by atoms with Gasteiger partial charge in [0.25, 0.3) is 0 Å². The topological polar surface area (TPSA) is 55.5 Å². The quantitative estimate of drug-likeness (QED) is 0.823. The summed E-state index contributed by atoms with van der Waals surface area (Å²) in [5.41, 5.74) is 6.91. The van der Waals surface area contributed by atoms with Gasteiger partial charge in [-0.2, -0.15) is 0 Å². The highest BCUT2D eigenvalue weighted by molar-refractivity contribution is 7.92. The number of nitrogens with zero attached hydrogens (tertiary/aromatic N) is 1. The van der Waals surface area contributed by atoms with Crippen molar-refractivity contribution in [3.63, 3.8) is 0 Å². The van der Waals surface area contributed by atoms with E-state index in [0.717, 1.165) is 5.56 Å². The number of nitrogens with two attached hydrogens (primary N) is 1. The Hall–Kier alpha value is -0.870. The van der Waals surface area contributed by atoms with E-state index in [1.54, 1.807) is 12.5 Å². The van der Waals surface area contributed by atoms with Gasteiger partial charge in [0.15, 0.2) is 0 Å². The van der Waals surface area contributed by atoms with Gasteiger partial charge in [-0.15, -0.1) is 0 Å². The first kappa shape index (κ1) is 11.2. The standard InChI is InChI=1S/C10H16N2OS/c1-14(2,13)12-8-10(11)9-6-4-3-5-7-9/h3-7,10H,8,11H2,1-2H3/t10-/m1/s1. The molecule has 0 aliphatic carbocycles. The fourth-order valence-electron chi connectivity index (χ4n) is 1.07. The van der Waals surface area contributed by atoms with E-state index in [2.05, 4.69) is 4.36 Å². The molecule has 1 aromatic rings. The molecule has 1 aromatic carbocycles. The van der Waals surface area contributed by atoms with Gasteiger partial charge in [-0.1, -0.05) is 30.3 Å². The monoisotopic (exact) mass is 212 g/mol. The Kier molecular flexibility index (Phi) is 3.66. The molecule has 1 rings (SSSR count). The molecule has 0 unspecified atom stereocenters. The largest absolute Gasteiger partial charge is 0.322 e. The maximum atomic E-state index is 11.3. The van der Waals surface area contributed by atoms with E-state index in [1.165, 1.54) is 0 Å². The van der Waals surface area contributed by atoms with Gasteiger partial charge in [-0.3, -0.25) is 4.21 Å². The van der Waals surface area contributed by atoms with Crippen molar-refractivity contribution in [2.45, 2.75) is 6.04 Å². The molecule has 0 saturated heterocycles. The average molecular weight is 212 g/mol. The minimum atomic E-state index is -2.03. The first-order chi connectivity index (χ1) is 6.49. The van der Waals surface area contributed by atoms with Crippen molar-refractivity contribution in [2.75, 3.05) is 19.1 Å². The van der Waals surface area contributed by atoms with Crippen LogP contribution < -0.4 is 5.73 Å². The van der Waals surface area contributed by atoms with Crippen molar-refractivity contribution < 1.29 is 4.21 Å². The molecule has 0 bridgehead atoms. The summed E-state index contributed by atoms with van der Waals surface area (Å²) in [4.78, 5) is 0. The number of hydrogen-bond acceptors (Lipinski definition) is 3. The van der Waals surface area contributed by atoms with Crippen LogP contribution in [0.4, 0.5) is 0 Å². The average Bonchev–Trinajstić information content (AvgIpc) is 2.14. The van der Waals surface area contributed by atoms with Crippen LogP contribution in [0.5, 0.6) is 0 Å². The van der Waals surface area contributed by atoms with Crippen molar-refractivity contribution in [2.24, 2.45) is 10.1 Å². The van der Waals surface area contributed by atoms with Crippen LogP contribution in [0.2, 0.25) is 0 Å². The SMILES string of the molecule is CS(C)(=O)=NC[C@@H](N)c1ccccc1. The third kappa shape index (κ3) is 3.89. The second-order valence-corrected chi connectivity index (χ2v) is 6.13. The second-order valence-electron chi connectivity index (χ2n) is 3.51. The third-order valence-electron chi connectivity index (χ3n) is 1.81. The second kappa shape index (κ2) is 4.57. The van der Waals surface area contributed by atoms with E-state index < -0.39 is 9.73 Å². The van der Waals surface area contributed by atoms with Crippen molar-refractivity contribution in [1.82, 2.24) is 0 Å². The Morgan fingerprint density at radius 2 is 1.93 bits per heavy atom. The Morgan fingerprint density at radius 3 is 2.43 bits per heavy atom. The summed E-state index contributed by atoms with van der Waals surface area (Å²) in [7, 11) is -2.03. The van der Waals surface area contributed by atoms with Crippen LogP contribution in [0.25, 0.3) is 0 Å². The van der Waals surface area contributed by atoms with Gasteiger partial charge < -0.3 is 5.73 Å². The van der Waals surface area contributed by atoms with Gasteiger partial charge in [0.2, 0.25) is 0 Å². The fraction of sp³-hybridized carbons (Fsp3) is 0.400. The van der Waals surface area contributed by atoms with Crippen molar-refractivity contribution in [3.8, 4) is 0 Å². The summed E-state index contributed by atoms with van der Waals surface area (Å²) in [6.07, 6.45) is 3.23. The van der Waals surface area contributed by atoms with Gasteiger partial charge >= 0.3 is 0 Å². The summed E-state index contributed by atoms with van der Waals surface area (Å²) in [5, 5.41) is 0. The van der Waals surface area contributed by atoms with Crippen LogP contribution in [-0.2, 0) is 9.73 Å². The number of hydrogen-bond donors (Lipinski definition) is 1. The van der Waals surface area contributed by atoms with Gasteiger partial charge in [0.1, 0.15) is 0 Å². The Morgan fingerprint density at radius 1 is 1.36 bits per heavy atom. The molecule has 78 valence electrons. The molecule has 14 heavy (non-hydrogen) atoms. The minimum Gasteiger partial charge on any atom is -0.322 e.